The Hall–Kier alpha value is -0.950. The Morgan fingerprint density at radius 3 is 2.87 bits per heavy atom. The quantitative estimate of drug-likeness (QED) is 0.683. The number of rotatable bonds is 5. The van der Waals surface area contributed by atoms with E-state index in [0.717, 1.165) is 35.2 Å². The van der Waals surface area contributed by atoms with Gasteiger partial charge < -0.3 is 4.74 Å². The van der Waals surface area contributed by atoms with Crippen LogP contribution in [0.2, 0.25) is 0 Å². The van der Waals surface area contributed by atoms with Gasteiger partial charge >= 0.3 is 0 Å². The first kappa shape index (κ1) is 16.9. The minimum absolute atomic E-state index is 0.0556. The maximum atomic E-state index is 12.2. The number of aromatic nitrogens is 1. The van der Waals surface area contributed by atoms with E-state index in [1.165, 1.54) is 11.3 Å². The zero-order valence-corrected chi connectivity index (χ0v) is 15.5. The van der Waals surface area contributed by atoms with Gasteiger partial charge in [0.05, 0.1) is 18.3 Å². The Morgan fingerprint density at radius 2 is 2.22 bits per heavy atom. The van der Waals surface area contributed by atoms with Crippen LogP contribution in [0, 0.1) is 0 Å². The molecular weight excluding hydrogens is 400 g/mol. The molecule has 1 fully saturated rings. The molecule has 1 aliphatic rings. The van der Waals surface area contributed by atoms with Crippen LogP contribution < -0.4 is 4.90 Å². The highest BCUT2D eigenvalue weighted by Gasteiger charge is 2.25. The van der Waals surface area contributed by atoms with E-state index >= 15 is 0 Å². The Kier molecular flexibility index (Phi) is 5.69. The average molecular weight is 416 g/mol. The van der Waals surface area contributed by atoms with Crippen LogP contribution in [0.3, 0.4) is 0 Å². The molecule has 0 spiro atoms. The number of carbonyl (C=O) groups is 1. The molecule has 1 unspecified atom stereocenters. The van der Waals surface area contributed by atoms with Crippen LogP contribution >= 0.6 is 38.9 Å². The number of thiazole rings is 1. The molecule has 3 rings (SSSR count). The largest absolute Gasteiger partial charge is 0.376 e. The lowest BCUT2D eigenvalue weighted by Crippen LogP contribution is -2.38. The summed E-state index contributed by atoms with van der Waals surface area (Å²) in [6.07, 6.45) is 2.08. The molecule has 0 radical (unpaired) electrons. The summed E-state index contributed by atoms with van der Waals surface area (Å²) in [5.41, 5.74) is 1.88. The monoisotopic (exact) mass is 414 g/mol. The number of nitrogens with zero attached hydrogens (tertiary/aromatic N) is 2. The van der Waals surface area contributed by atoms with Crippen molar-refractivity contribution in [3.05, 3.63) is 34.1 Å². The molecule has 1 saturated heterocycles. The minimum Gasteiger partial charge on any atom is -0.376 e. The van der Waals surface area contributed by atoms with E-state index in [-0.39, 0.29) is 17.9 Å². The third kappa shape index (κ3) is 4.12. The highest BCUT2D eigenvalue weighted by molar-refractivity contribution is 9.10. The third-order valence-corrected chi connectivity index (χ3v) is 5.31. The Balaban J connectivity index is 1.81. The fourth-order valence-electron chi connectivity index (χ4n) is 2.49. The summed E-state index contributed by atoms with van der Waals surface area (Å²) in [6, 6.07) is 7.94. The first-order valence-electron chi connectivity index (χ1n) is 7.37. The highest BCUT2D eigenvalue weighted by atomic mass is 79.9. The molecule has 1 amide bonds. The molecule has 122 valence electrons. The van der Waals surface area contributed by atoms with E-state index in [2.05, 4.69) is 20.9 Å². The second-order valence-corrected chi connectivity index (χ2v) is 7.31. The smallest absolute Gasteiger partial charge is 0.243 e. The molecule has 2 heterocycles. The van der Waals surface area contributed by atoms with Crippen molar-refractivity contribution in [2.75, 3.05) is 23.9 Å². The zero-order valence-electron chi connectivity index (χ0n) is 12.4. The first-order valence-corrected chi connectivity index (χ1v) is 9.57. The van der Waals surface area contributed by atoms with E-state index in [9.17, 15) is 4.79 Å². The van der Waals surface area contributed by atoms with E-state index in [1.807, 2.05) is 29.6 Å². The van der Waals surface area contributed by atoms with Gasteiger partial charge in [0.1, 0.15) is 5.88 Å². The molecule has 4 nitrogen and oxygen atoms in total. The van der Waals surface area contributed by atoms with Gasteiger partial charge in [0.2, 0.25) is 5.91 Å². The molecule has 1 atom stereocenters. The van der Waals surface area contributed by atoms with Gasteiger partial charge in [0.15, 0.2) is 5.13 Å². The number of benzene rings is 1. The second-order valence-electron chi connectivity index (χ2n) is 5.30. The Morgan fingerprint density at radius 1 is 1.43 bits per heavy atom. The molecule has 0 saturated carbocycles. The number of alkyl halides is 1. The summed E-state index contributed by atoms with van der Waals surface area (Å²) in [6.45, 7) is 1.27. The summed E-state index contributed by atoms with van der Waals surface area (Å²) in [7, 11) is 0. The van der Waals surface area contributed by atoms with Crippen LogP contribution in [0.25, 0.3) is 11.3 Å². The summed E-state index contributed by atoms with van der Waals surface area (Å²) >= 11 is 10.6. The fraction of sp³-hybridized carbons (Fsp3) is 0.375. The van der Waals surface area contributed by atoms with E-state index < -0.39 is 0 Å². The Labute approximate surface area is 152 Å². The number of hydrogen-bond acceptors (Lipinski definition) is 4. The molecule has 0 bridgehead atoms. The van der Waals surface area contributed by atoms with Gasteiger partial charge in [-0.15, -0.1) is 22.9 Å². The lowest BCUT2D eigenvalue weighted by molar-refractivity contribution is -0.116. The van der Waals surface area contributed by atoms with Crippen molar-refractivity contribution in [3.63, 3.8) is 0 Å². The topological polar surface area (TPSA) is 42.4 Å². The van der Waals surface area contributed by atoms with Crippen LogP contribution in [-0.2, 0) is 9.53 Å². The van der Waals surface area contributed by atoms with Gasteiger partial charge in [-0.05, 0) is 25.0 Å². The molecule has 2 aromatic rings. The number of amides is 1. The highest BCUT2D eigenvalue weighted by Crippen LogP contribution is 2.29. The van der Waals surface area contributed by atoms with Gasteiger partial charge in [-0.1, -0.05) is 28.1 Å². The fourth-order valence-corrected chi connectivity index (χ4v) is 3.76. The van der Waals surface area contributed by atoms with Crippen LogP contribution in [0.15, 0.2) is 34.1 Å². The van der Waals surface area contributed by atoms with Crippen molar-refractivity contribution in [3.8, 4) is 11.3 Å². The number of hydrogen-bond donors (Lipinski definition) is 0. The average Bonchev–Trinajstić information content (AvgIpc) is 3.24. The van der Waals surface area contributed by atoms with Crippen molar-refractivity contribution >= 4 is 49.9 Å². The van der Waals surface area contributed by atoms with E-state index in [4.69, 9.17) is 16.3 Å². The molecule has 1 aliphatic heterocycles. The second kappa shape index (κ2) is 7.75. The predicted molar refractivity (Wildman–Crippen MR) is 97.3 cm³/mol. The van der Waals surface area contributed by atoms with Gasteiger partial charge in [-0.2, -0.15) is 0 Å². The Bertz CT molecular complexity index is 671. The normalized spacial score (nSPS) is 17.4. The zero-order chi connectivity index (χ0) is 16.2. The molecule has 23 heavy (non-hydrogen) atoms. The summed E-state index contributed by atoms with van der Waals surface area (Å²) in [5, 5.41) is 2.63. The number of halogens is 2. The van der Waals surface area contributed by atoms with Crippen LogP contribution in [0.4, 0.5) is 5.13 Å². The molecule has 1 aromatic heterocycles. The van der Waals surface area contributed by atoms with E-state index in [0.29, 0.717) is 11.7 Å². The third-order valence-electron chi connectivity index (χ3n) is 3.69. The number of ether oxygens (including phenoxy) is 1. The van der Waals surface area contributed by atoms with Crippen LogP contribution in [0.1, 0.15) is 12.8 Å². The van der Waals surface area contributed by atoms with Crippen molar-refractivity contribution in [1.82, 2.24) is 4.98 Å². The van der Waals surface area contributed by atoms with E-state index in [1.54, 1.807) is 4.90 Å². The van der Waals surface area contributed by atoms with Crippen molar-refractivity contribution in [1.29, 1.82) is 0 Å². The van der Waals surface area contributed by atoms with Crippen LogP contribution in [0.5, 0.6) is 0 Å². The first-order chi connectivity index (χ1) is 11.2. The van der Waals surface area contributed by atoms with Crippen molar-refractivity contribution in [2.45, 2.75) is 18.9 Å². The lowest BCUT2D eigenvalue weighted by atomic mass is 10.2. The molecule has 7 heteroatoms. The van der Waals surface area contributed by atoms with Crippen molar-refractivity contribution in [2.24, 2.45) is 0 Å². The van der Waals surface area contributed by atoms with Gasteiger partial charge in [0, 0.05) is 22.0 Å². The standard InChI is InChI=1S/C16H16BrClN2O2S/c17-12-5-3-11(4-6-12)14-10-23-16(19-14)20(15(21)8-18)9-13-2-1-7-22-13/h3-6,10,13H,1-2,7-9H2. The lowest BCUT2D eigenvalue weighted by Gasteiger charge is -2.22. The minimum atomic E-state index is -0.140. The van der Waals surface area contributed by atoms with Gasteiger partial charge in [-0.3, -0.25) is 9.69 Å². The molecule has 0 aliphatic carbocycles. The van der Waals surface area contributed by atoms with Crippen LogP contribution in [-0.4, -0.2) is 36.0 Å². The molecule has 1 aromatic carbocycles. The molecular formula is C16H16BrClN2O2S. The number of anilines is 1. The SMILES string of the molecule is O=C(CCl)N(CC1CCCO1)c1nc(-c2ccc(Br)cc2)cs1. The van der Waals surface area contributed by atoms with Gasteiger partial charge in [-0.25, -0.2) is 4.98 Å². The maximum Gasteiger partial charge on any atom is 0.243 e. The predicted octanol–water partition coefficient (Wildman–Crippen LogP) is 4.32. The maximum absolute atomic E-state index is 12.2. The summed E-state index contributed by atoms with van der Waals surface area (Å²) in [5.74, 6) is -0.196. The summed E-state index contributed by atoms with van der Waals surface area (Å²) in [4.78, 5) is 18.5. The molecule has 0 N–H and O–H groups in total. The van der Waals surface area contributed by atoms with Gasteiger partial charge in [0.25, 0.3) is 0 Å². The van der Waals surface area contributed by atoms with Crippen molar-refractivity contribution < 1.29 is 9.53 Å². The number of carbonyl (C=O) groups excluding carboxylic acids is 1. The summed E-state index contributed by atoms with van der Waals surface area (Å²) < 4.78 is 6.66.